The molecule has 4 aliphatic carbocycles. The van der Waals surface area contributed by atoms with Crippen LogP contribution in [0.2, 0.25) is 0 Å². The maximum Gasteiger partial charge on any atom is 3.00 e. The normalized spacial score (nSPS) is 21.9. The van der Waals surface area contributed by atoms with Crippen LogP contribution in [0, 0.1) is 12.3 Å². The molecule has 1 N–H and O–H groups in total. The number of allylic oxidation sites excluding steroid dienone is 4. The van der Waals surface area contributed by atoms with Crippen molar-refractivity contribution in [3.05, 3.63) is 28.7 Å². The van der Waals surface area contributed by atoms with E-state index in [0.717, 1.165) is 25.7 Å². The molecular formula is C20H29Cl2O2Ti. The summed E-state index contributed by atoms with van der Waals surface area (Å²) < 4.78 is 0. The smallest absolute Gasteiger partial charge is 1.00 e. The topological polar surface area (TPSA) is 37.3 Å². The van der Waals surface area contributed by atoms with Gasteiger partial charge in [0.2, 0.25) is 0 Å². The number of carbonyl (C=O) groups is 1. The average Bonchev–Trinajstić information content (AvgIpc) is 2.95. The molecule has 0 aliphatic heterocycles. The maximum atomic E-state index is 10.4. The maximum absolute atomic E-state index is 10.4. The van der Waals surface area contributed by atoms with Gasteiger partial charge in [-0.3, -0.25) is 4.79 Å². The number of carboxylic acids is 1. The predicted molar refractivity (Wildman–Crippen MR) is 89.5 cm³/mol. The largest absolute Gasteiger partial charge is 3.00 e. The number of fused-ring (bicyclic) bond motifs is 1. The van der Waals surface area contributed by atoms with E-state index < -0.39 is 5.97 Å². The van der Waals surface area contributed by atoms with E-state index in [1.54, 1.807) is 22.3 Å². The zero-order valence-corrected chi connectivity index (χ0v) is 18.0. The van der Waals surface area contributed by atoms with Crippen LogP contribution in [0.25, 0.3) is 0 Å². The Labute approximate surface area is 180 Å². The van der Waals surface area contributed by atoms with Crippen LogP contribution in [0.5, 0.6) is 0 Å². The monoisotopic (exact) mass is 419 g/mol. The van der Waals surface area contributed by atoms with Gasteiger partial charge in [-0.05, 0) is 38.5 Å². The molecule has 0 aromatic rings. The molecule has 139 valence electrons. The third-order valence-electron chi connectivity index (χ3n) is 5.71. The van der Waals surface area contributed by atoms with Crippen LogP contribution >= 0.6 is 0 Å². The van der Waals surface area contributed by atoms with E-state index in [4.69, 9.17) is 5.11 Å². The summed E-state index contributed by atoms with van der Waals surface area (Å²) in [4.78, 5) is 10.4. The molecule has 2 nitrogen and oxygen atoms in total. The fraction of sp³-hybridized carbons (Fsp3) is 0.700. The van der Waals surface area contributed by atoms with Gasteiger partial charge < -0.3 is 29.9 Å². The van der Waals surface area contributed by atoms with Crippen molar-refractivity contribution in [1.82, 2.24) is 0 Å². The second-order valence-electron chi connectivity index (χ2n) is 7.24. The first-order chi connectivity index (χ1) is 10.8. The molecule has 0 saturated heterocycles. The van der Waals surface area contributed by atoms with Gasteiger partial charge in [0.25, 0.3) is 0 Å². The van der Waals surface area contributed by atoms with Gasteiger partial charge in [0, 0.05) is 0 Å². The minimum Gasteiger partial charge on any atom is -1.00 e. The zero-order valence-electron chi connectivity index (χ0n) is 15.0. The van der Waals surface area contributed by atoms with Crippen LogP contribution < -0.4 is 24.8 Å². The van der Waals surface area contributed by atoms with Gasteiger partial charge in [0.15, 0.2) is 0 Å². The average molecular weight is 420 g/mol. The molecule has 4 rings (SSSR count). The molecule has 0 bridgehead atoms. The molecule has 0 spiro atoms. The summed E-state index contributed by atoms with van der Waals surface area (Å²) in [5.41, 5.74) is 7.06. The first-order valence-corrected chi connectivity index (χ1v) is 9.25. The van der Waals surface area contributed by atoms with Gasteiger partial charge in [0.1, 0.15) is 0 Å². The molecule has 1 radical (unpaired) electrons. The summed E-state index contributed by atoms with van der Waals surface area (Å²) in [5.74, 6) is -0.631. The molecule has 4 aliphatic rings. The first-order valence-electron chi connectivity index (χ1n) is 9.25. The quantitative estimate of drug-likeness (QED) is 0.464. The Balaban J connectivity index is 0.000000435. The van der Waals surface area contributed by atoms with Gasteiger partial charge in [0.05, 0.1) is 5.92 Å². The van der Waals surface area contributed by atoms with Crippen LogP contribution in [0.4, 0.5) is 0 Å². The minimum atomic E-state index is -0.602. The summed E-state index contributed by atoms with van der Waals surface area (Å²) in [6, 6.07) is 0. The number of carboxylic acid groups (broad SMARTS) is 1. The van der Waals surface area contributed by atoms with Crippen LogP contribution in [0.1, 0.15) is 83.5 Å². The van der Waals surface area contributed by atoms with Gasteiger partial charge in [-0.1, -0.05) is 44.1 Å². The third-order valence-corrected chi connectivity index (χ3v) is 5.71. The van der Waals surface area contributed by atoms with Crippen molar-refractivity contribution >= 4 is 5.97 Å². The fourth-order valence-electron chi connectivity index (χ4n) is 4.47. The van der Waals surface area contributed by atoms with Crippen LogP contribution in [0.15, 0.2) is 22.3 Å². The van der Waals surface area contributed by atoms with Crippen LogP contribution in [-0.4, -0.2) is 11.1 Å². The van der Waals surface area contributed by atoms with Gasteiger partial charge >= 0.3 is 27.7 Å². The molecule has 0 heterocycles. The summed E-state index contributed by atoms with van der Waals surface area (Å²) in [6.07, 6.45) is 18.8. The molecule has 0 amide bonds. The van der Waals surface area contributed by atoms with Crippen molar-refractivity contribution < 1.29 is 56.4 Å². The van der Waals surface area contributed by atoms with E-state index >= 15 is 0 Å². The van der Waals surface area contributed by atoms with Crippen LogP contribution in [-0.2, 0) is 26.5 Å². The van der Waals surface area contributed by atoms with E-state index in [-0.39, 0.29) is 52.4 Å². The number of aliphatic carboxylic acids is 1. The molecule has 0 atom stereocenters. The standard InChI is InChI=1S/C13H17.C7H12O2.2ClH.Ti/c1-3-7-12-10(5-1)9-11-6-2-4-8-13(11)12;8-7(9)6-4-2-1-3-5-6;;;/h5H,1-4,6-9H2;6H,1-5H2,(H,8,9);2*1H;/q-1;;;;+3/p-2. The minimum absolute atomic E-state index is 0. The Bertz CT molecular complexity index is 464. The van der Waals surface area contributed by atoms with E-state index in [0.29, 0.717) is 0 Å². The summed E-state index contributed by atoms with van der Waals surface area (Å²) in [5, 5.41) is 8.54. The molecule has 5 heteroatoms. The van der Waals surface area contributed by atoms with Gasteiger partial charge in [-0.25, -0.2) is 12.0 Å². The molecule has 0 aromatic heterocycles. The van der Waals surface area contributed by atoms with E-state index in [2.05, 4.69) is 6.42 Å². The number of hydrogen-bond donors (Lipinski definition) is 1. The fourth-order valence-corrected chi connectivity index (χ4v) is 4.47. The molecule has 0 unspecified atom stereocenters. The van der Waals surface area contributed by atoms with E-state index in [1.807, 2.05) is 0 Å². The van der Waals surface area contributed by atoms with Crippen molar-refractivity contribution in [1.29, 1.82) is 0 Å². The molecule has 1 fully saturated rings. The Morgan fingerprint density at radius 1 is 0.880 bits per heavy atom. The van der Waals surface area contributed by atoms with Gasteiger partial charge in [-0.15, -0.1) is 12.0 Å². The number of hydrogen-bond acceptors (Lipinski definition) is 1. The van der Waals surface area contributed by atoms with Crippen molar-refractivity contribution in [3.8, 4) is 0 Å². The Hall–Kier alpha value is 0.114. The zero-order chi connectivity index (χ0) is 15.4. The van der Waals surface area contributed by atoms with Gasteiger partial charge in [-0.2, -0.15) is 5.57 Å². The summed E-state index contributed by atoms with van der Waals surface area (Å²) in [7, 11) is 0. The van der Waals surface area contributed by atoms with E-state index in [1.165, 1.54) is 57.8 Å². The van der Waals surface area contributed by atoms with Crippen molar-refractivity contribution in [2.45, 2.75) is 83.5 Å². The molecule has 1 saturated carbocycles. The molecule has 0 aromatic carbocycles. The van der Waals surface area contributed by atoms with Crippen LogP contribution in [0.3, 0.4) is 0 Å². The van der Waals surface area contributed by atoms with E-state index in [9.17, 15) is 4.79 Å². The Morgan fingerprint density at radius 2 is 1.52 bits per heavy atom. The SMILES string of the molecule is O=C(O)C1CCCCC1.[CH-]1CCCC2=C1CC1=C2CCCC1.[Cl-].[Cl-].[Ti+3]. The molecular weight excluding hydrogens is 391 g/mol. The second-order valence-corrected chi connectivity index (χ2v) is 7.24. The Kier molecular flexibility index (Phi) is 12.5. The number of rotatable bonds is 1. The summed E-state index contributed by atoms with van der Waals surface area (Å²) in [6.45, 7) is 0. The third kappa shape index (κ3) is 6.65. The summed E-state index contributed by atoms with van der Waals surface area (Å²) >= 11 is 0. The predicted octanol–water partition coefficient (Wildman–Crippen LogP) is -0.398. The van der Waals surface area contributed by atoms with Crippen molar-refractivity contribution in [3.63, 3.8) is 0 Å². The Morgan fingerprint density at radius 3 is 2.16 bits per heavy atom. The number of halogens is 2. The molecule has 25 heavy (non-hydrogen) atoms. The first kappa shape index (κ1) is 25.1. The van der Waals surface area contributed by atoms with Crippen molar-refractivity contribution in [2.75, 3.05) is 0 Å². The van der Waals surface area contributed by atoms with Crippen molar-refractivity contribution in [2.24, 2.45) is 5.92 Å². The second kappa shape index (κ2) is 12.5.